The first-order valence-electron chi connectivity index (χ1n) is 4.50. The van der Waals surface area contributed by atoms with Crippen molar-refractivity contribution in [2.75, 3.05) is 7.11 Å². The molecule has 0 amide bonds. The first-order valence-corrected chi connectivity index (χ1v) is 5.95. The van der Waals surface area contributed by atoms with E-state index in [2.05, 4.69) is 0 Å². The molecule has 0 bridgehead atoms. The summed E-state index contributed by atoms with van der Waals surface area (Å²) in [5.74, 6) is 0. The third-order valence-corrected chi connectivity index (χ3v) is 3.86. The van der Waals surface area contributed by atoms with E-state index in [4.69, 9.17) is 4.74 Å². The Morgan fingerprint density at radius 3 is 2.46 bits per heavy atom. The van der Waals surface area contributed by atoms with Crippen LogP contribution < -0.4 is 0 Å². The molecule has 0 aromatic rings. The third kappa shape index (κ3) is 3.23. The molecular formula is C8H15FO3S. The van der Waals surface area contributed by atoms with E-state index in [0.717, 1.165) is 12.8 Å². The molecule has 1 aliphatic rings. The summed E-state index contributed by atoms with van der Waals surface area (Å²) in [7, 11) is -2.73. The van der Waals surface area contributed by atoms with Crippen molar-refractivity contribution in [3.05, 3.63) is 0 Å². The summed E-state index contributed by atoms with van der Waals surface area (Å²) in [5, 5.41) is -0.798. The normalized spacial score (nSPS) is 31.2. The minimum absolute atomic E-state index is 0.103. The molecule has 0 heterocycles. The maximum atomic E-state index is 12.6. The number of methoxy groups -OCH3 is 1. The minimum Gasteiger partial charge on any atom is -0.381 e. The molecular weight excluding hydrogens is 195 g/mol. The topological polar surface area (TPSA) is 43.4 Å². The molecule has 0 aromatic heterocycles. The number of hydrogen-bond acceptors (Lipinski definition) is 3. The lowest BCUT2D eigenvalue weighted by Gasteiger charge is -2.11. The Morgan fingerprint density at radius 1 is 1.23 bits per heavy atom. The average molecular weight is 210 g/mol. The number of hydrogen-bond donors (Lipinski definition) is 0. The lowest BCUT2D eigenvalue weighted by molar-refractivity contribution is 0.0901. The lowest BCUT2D eigenvalue weighted by atomic mass is 10.2. The van der Waals surface area contributed by atoms with E-state index in [9.17, 15) is 12.3 Å². The zero-order valence-corrected chi connectivity index (χ0v) is 8.52. The van der Waals surface area contributed by atoms with Gasteiger partial charge in [0.05, 0.1) is 11.4 Å². The predicted molar refractivity (Wildman–Crippen MR) is 47.7 cm³/mol. The van der Waals surface area contributed by atoms with E-state index in [1.54, 1.807) is 7.11 Å². The summed E-state index contributed by atoms with van der Waals surface area (Å²) < 4.78 is 39.0. The Labute approximate surface area is 78.5 Å². The van der Waals surface area contributed by atoms with E-state index in [-0.39, 0.29) is 6.10 Å². The largest absolute Gasteiger partial charge is 0.381 e. The van der Waals surface area contributed by atoms with Crippen molar-refractivity contribution in [1.29, 1.82) is 0 Å². The van der Waals surface area contributed by atoms with Gasteiger partial charge in [-0.15, -0.1) is 3.89 Å². The van der Waals surface area contributed by atoms with Crippen molar-refractivity contribution in [1.82, 2.24) is 0 Å². The highest BCUT2D eigenvalue weighted by Crippen LogP contribution is 2.25. The first-order chi connectivity index (χ1) is 6.04. The van der Waals surface area contributed by atoms with Gasteiger partial charge in [-0.2, -0.15) is 8.42 Å². The van der Waals surface area contributed by atoms with Crippen LogP contribution in [0.3, 0.4) is 0 Å². The van der Waals surface area contributed by atoms with Gasteiger partial charge < -0.3 is 4.74 Å². The van der Waals surface area contributed by atoms with Gasteiger partial charge in [-0.05, 0) is 32.1 Å². The van der Waals surface area contributed by atoms with E-state index >= 15 is 0 Å². The Hall–Kier alpha value is -0.160. The highest BCUT2D eigenvalue weighted by Gasteiger charge is 2.28. The zero-order valence-electron chi connectivity index (χ0n) is 7.70. The summed E-state index contributed by atoms with van der Waals surface area (Å²) in [6.45, 7) is 0. The zero-order chi connectivity index (χ0) is 9.90. The molecule has 1 saturated carbocycles. The molecule has 2 atom stereocenters. The minimum atomic E-state index is -4.34. The maximum absolute atomic E-state index is 12.6. The van der Waals surface area contributed by atoms with Crippen LogP contribution in [-0.4, -0.2) is 26.9 Å². The van der Waals surface area contributed by atoms with Crippen LogP contribution in [-0.2, 0) is 15.0 Å². The molecule has 1 aliphatic carbocycles. The van der Waals surface area contributed by atoms with Gasteiger partial charge in [-0.3, -0.25) is 0 Å². The quantitative estimate of drug-likeness (QED) is 0.514. The molecule has 1 fully saturated rings. The van der Waals surface area contributed by atoms with Crippen LogP contribution in [0.1, 0.15) is 32.1 Å². The van der Waals surface area contributed by atoms with Crippen molar-refractivity contribution in [2.24, 2.45) is 0 Å². The van der Waals surface area contributed by atoms with Gasteiger partial charge in [0.1, 0.15) is 0 Å². The summed E-state index contributed by atoms with van der Waals surface area (Å²) in [4.78, 5) is 0. The molecule has 0 spiro atoms. The predicted octanol–water partition coefficient (Wildman–Crippen LogP) is 1.63. The first kappa shape index (κ1) is 10.9. The van der Waals surface area contributed by atoms with Gasteiger partial charge in [-0.25, -0.2) is 0 Å². The summed E-state index contributed by atoms with van der Waals surface area (Å²) >= 11 is 0. The maximum Gasteiger partial charge on any atom is 0.305 e. The van der Waals surface area contributed by atoms with Crippen LogP contribution in [0.15, 0.2) is 0 Å². The standard InChI is InChI=1S/C8H15FO3S/c1-12-7-3-2-4-8(6-5-7)13(9,10)11/h7-8H,2-6H2,1H3. The van der Waals surface area contributed by atoms with Crippen LogP contribution in [0.5, 0.6) is 0 Å². The number of rotatable bonds is 2. The van der Waals surface area contributed by atoms with Crippen molar-refractivity contribution >= 4 is 10.2 Å². The van der Waals surface area contributed by atoms with E-state index in [0.29, 0.717) is 19.3 Å². The molecule has 0 aliphatic heterocycles. The van der Waals surface area contributed by atoms with E-state index in [1.165, 1.54) is 0 Å². The van der Waals surface area contributed by atoms with Crippen LogP contribution in [0, 0.1) is 0 Å². The van der Waals surface area contributed by atoms with Gasteiger partial charge in [0.25, 0.3) is 0 Å². The highest BCUT2D eigenvalue weighted by atomic mass is 32.3. The van der Waals surface area contributed by atoms with Crippen LogP contribution in [0.2, 0.25) is 0 Å². The van der Waals surface area contributed by atoms with Gasteiger partial charge in [0.15, 0.2) is 0 Å². The van der Waals surface area contributed by atoms with Crippen molar-refractivity contribution in [3.8, 4) is 0 Å². The molecule has 3 nitrogen and oxygen atoms in total. The fourth-order valence-corrected chi connectivity index (χ4v) is 2.62. The second kappa shape index (κ2) is 4.37. The van der Waals surface area contributed by atoms with Crippen LogP contribution in [0.4, 0.5) is 3.89 Å². The van der Waals surface area contributed by atoms with Gasteiger partial charge >= 0.3 is 10.2 Å². The summed E-state index contributed by atoms with van der Waals surface area (Å²) in [6.07, 6.45) is 3.13. The van der Waals surface area contributed by atoms with Gasteiger partial charge in [-0.1, -0.05) is 0 Å². The number of ether oxygens (including phenoxy) is 1. The molecule has 13 heavy (non-hydrogen) atoms. The molecule has 5 heteroatoms. The SMILES string of the molecule is COC1CCCC(S(=O)(=O)F)CC1. The van der Waals surface area contributed by atoms with Crippen molar-refractivity contribution < 1.29 is 17.0 Å². The Bertz CT molecular complexity index is 250. The highest BCUT2D eigenvalue weighted by molar-refractivity contribution is 7.87. The second-order valence-electron chi connectivity index (χ2n) is 3.46. The molecule has 1 rings (SSSR count). The lowest BCUT2D eigenvalue weighted by Crippen LogP contribution is -2.16. The molecule has 0 aromatic carbocycles. The molecule has 0 radical (unpaired) electrons. The van der Waals surface area contributed by atoms with Crippen molar-refractivity contribution in [2.45, 2.75) is 43.5 Å². The van der Waals surface area contributed by atoms with Gasteiger partial charge in [0.2, 0.25) is 0 Å². The average Bonchev–Trinajstić information content (AvgIpc) is 2.26. The van der Waals surface area contributed by atoms with Gasteiger partial charge in [0, 0.05) is 7.11 Å². The summed E-state index contributed by atoms with van der Waals surface area (Å²) in [5.41, 5.74) is 0. The number of halogens is 1. The van der Waals surface area contributed by atoms with Crippen molar-refractivity contribution in [3.63, 3.8) is 0 Å². The molecule has 0 N–H and O–H groups in total. The van der Waals surface area contributed by atoms with Crippen LogP contribution >= 0.6 is 0 Å². The smallest absolute Gasteiger partial charge is 0.305 e. The summed E-state index contributed by atoms with van der Waals surface area (Å²) in [6, 6.07) is 0. The molecule has 0 saturated heterocycles. The van der Waals surface area contributed by atoms with E-state index in [1.807, 2.05) is 0 Å². The second-order valence-corrected chi connectivity index (χ2v) is 5.08. The third-order valence-electron chi connectivity index (χ3n) is 2.59. The monoisotopic (exact) mass is 210 g/mol. The fraction of sp³-hybridized carbons (Fsp3) is 1.00. The Balaban J connectivity index is 2.55. The molecule has 78 valence electrons. The Kier molecular flexibility index (Phi) is 3.67. The van der Waals surface area contributed by atoms with Crippen LogP contribution in [0.25, 0.3) is 0 Å². The Morgan fingerprint density at radius 2 is 1.92 bits per heavy atom. The fourth-order valence-electron chi connectivity index (χ4n) is 1.75. The van der Waals surface area contributed by atoms with E-state index < -0.39 is 15.5 Å². The molecule has 2 unspecified atom stereocenters.